The smallest absolute Gasteiger partial charge is 0.307 e. The van der Waals surface area contributed by atoms with Crippen molar-refractivity contribution < 1.29 is 19.4 Å². The molecule has 1 aliphatic heterocycles. The minimum absolute atomic E-state index is 0.0488. The Kier molecular flexibility index (Phi) is 2.63. The van der Waals surface area contributed by atoms with Crippen LogP contribution in [0.5, 0.6) is 5.75 Å². The van der Waals surface area contributed by atoms with Crippen LogP contribution in [-0.2, 0) is 4.79 Å². The molecule has 5 nitrogen and oxygen atoms in total. The van der Waals surface area contributed by atoms with Crippen molar-refractivity contribution in [2.75, 3.05) is 0 Å². The van der Waals surface area contributed by atoms with Crippen LogP contribution in [0.15, 0.2) is 24.3 Å². The van der Waals surface area contributed by atoms with Gasteiger partial charge in [-0.2, -0.15) is 0 Å². The second kappa shape index (κ2) is 4.24. The van der Waals surface area contributed by atoms with Gasteiger partial charge in [0.15, 0.2) is 5.72 Å². The number of hydrogen-bond acceptors (Lipinski definition) is 3. The van der Waals surface area contributed by atoms with Gasteiger partial charge in [0.1, 0.15) is 5.75 Å². The Morgan fingerprint density at radius 1 is 1.41 bits per heavy atom. The van der Waals surface area contributed by atoms with Crippen molar-refractivity contribution in [3.63, 3.8) is 0 Å². The highest BCUT2D eigenvalue weighted by atomic mass is 16.5. The van der Waals surface area contributed by atoms with Crippen LogP contribution >= 0.6 is 0 Å². The lowest BCUT2D eigenvalue weighted by atomic mass is 9.52. The molecule has 22 heavy (non-hydrogen) atoms. The molecule has 1 amide bonds. The summed E-state index contributed by atoms with van der Waals surface area (Å²) in [5.74, 6) is -0.550. The predicted octanol–water partition coefficient (Wildman–Crippen LogP) is 2.42. The molecule has 4 aliphatic rings. The second-order valence-corrected chi connectivity index (χ2v) is 7.13. The molecule has 1 aromatic rings. The van der Waals surface area contributed by atoms with Crippen molar-refractivity contribution in [2.45, 2.75) is 38.3 Å². The molecule has 0 saturated heterocycles. The zero-order chi connectivity index (χ0) is 15.5. The van der Waals surface area contributed by atoms with E-state index in [1.807, 2.05) is 25.1 Å². The maximum atomic E-state index is 12.4. The van der Waals surface area contributed by atoms with Gasteiger partial charge in [-0.25, -0.2) is 0 Å². The Morgan fingerprint density at radius 2 is 2.18 bits per heavy atom. The van der Waals surface area contributed by atoms with Gasteiger partial charge in [0.25, 0.3) is 5.91 Å². The fourth-order valence-electron chi connectivity index (χ4n) is 4.63. The molecule has 3 aliphatic carbocycles. The first kappa shape index (κ1) is 13.6. The third kappa shape index (κ3) is 1.71. The van der Waals surface area contributed by atoms with Gasteiger partial charge >= 0.3 is 5.97 Å². The van der Waals surface area contributed by atoms with E-state index >= 15 is 0 Å². The Hall–Kier alpha value is -2.04. The second-order valence-electron chi connectivity index (χ2n) is 7.13. The Morgan fingerprint density at radius 3 is 2.91 bits per heavy atom. The Bertz CT molecular complexity index is 672. The topological polar surface area (TPSA) is 75.6 Å². The van der Waals surface area contributed by atoms with Gasteiger partial charge in [0.05, 0.1) is 11.5 Å². The summed E-state index contributed by atoms with van der Waals surface area (Å²) in [6.45, 7) is 2.01. The summed E-state index contributed by atoms with van der Waals surface area (Å²) in [6, 6.07) is 7.23. The first-order valence-corrected chi connectivity index (χ1v) is 7.77. The minimum Gasteiger partial charge on any atom is -0.481 e. The molecule has 4 unspecified atom stereocenters. The van der Waals surface area contributed by atoms with Gasteiger partial charge in [0, 0.05) is 12.3 Å². The lowest BCUT2D eigenvalue weighted by Crippen LogP contribution is -2.68. The van der Waals surface area contributed by atoms with E-state index in [9.17, 15) is 14.7 Å². The molecular formula is C17H19NO4. The van der Waals surface area contributed by atoms with Gasteiger partial charge in [-0.15, -0.1) is 0 Å². The van der Waals surface area contributed by atoms with Crippen LogP contribution in [0.25, 0.3) is 0 Å². The molecule has 2 bridgehead atoms. The average molecular weight is 301 g/mol. The first-order valence-electron chi connectivity index (χ1n) is 7.77. The van der Waals surface area contributed by atoms with Crippen LogP contribution in [0.4, 0.5) is 0 Å². The SMILES string of the molecule is CC12CCC(CC1C(=O)O)C1(C2)NC(=O)c2ccccc2O1. The summed E-state index contributed by atoms with van der Waals surface area (Å²) in [7, 11) is 0. The lowest BCUT2D eigenvalue weighted by Gasteiger charge is -2.59. The molecule has 5 rings (SSSR count). The first-order chi connectivity index (χ1) is 10.4. The number of fused-ring (bicyclic) bond motifs is 3. The zero-order valence-corrected chi connectivity index (χ0v) is 12.5. The molecule has 1 heterocycles. The van der Waals surface area contributed by atoms with Crippen molar-refractivity contribution in [1.82, 2.24) is 5.32 Å². The van der Waals surface area contributed by atoms with Crippen LogP contribution < -0.4 is 10.1 Å². The number of carbonyl (C=O) groups excluding carboxylic acids is 1. The van der Waals surface area contributed by atoms with Gasteiger partial charge in [-0.1, -0.05) is 19.1 Å². The lowest BCUT2D eigenvalue weighted by molar-refractivity contribution is -0.178. The monoisotopic (exact) mass is 301 g/mol. The number of para-hydroxylation sites is 1. The molecular weight excluding hydrogens is 282 g/mol. The molecule has 1 spiro atoms. The standard InChI is InChI=1S/C17H19NO4/c1-16-7-6-10(8-12(16)15(20)21)17(9-16)18-14(19)11-4-2-3-5-13(11)22-17/h2-5,10,12H,6-9H2,1H3,(H,18,19)(H,20,21). The van der Waals surface area contributed by atoms with Crippen LogP contribution in [0.1, 0.15) is 43.0 Å². The van der Waals surface area contributed by atoms with Gasteiger partial charge in [-0.3, -0.25) is 9.59 Å². The number of carboxylic acid groups (broad SMARTS) is 1. The highest BCUT2D eigenvalue weighted by molar-refractivity contribution is 5.98. The maximum Gasteiger partial charge on any atom is 0.307 e. The number of amides is 1. The van der Waals surface area contributed by atoms with E-state index < -0.39 is 11.7 Å². The van der Waals surface area contributed by atoms with E-state index in [0.29, 0.717) is 24.2 Å². The number of rotatable bonds is 1. The number of hydrogen-bond donors (Lipinski definition) is 2. The van der Waals surface area contributed by atoms with Crippen LogP contribution in [0.3, 0.4) is 0 Å². The summed E-state index contributed by atoms with van der Waals surface area (Å²) >= 11 is 0. The van der Waals surface area contributed by atoms with E-state index in [1.165, 1.54) is 0 Å². The highest BCUT2D eigenvalue weighted by Crippen LogP contribution is 2.58. The molecule has 5 heteroatoms. The third-order valence-electron chi connectivity index (χ3n) is 5.80. The van der Waals surface area contributed by atoms with Gasteiger partial charge in [0.2, 0.25) is 0 Å². The number of aliphatic carboxylic acids is 1. The number of ether oxygens (including phenoxy) is 1. The van der Waals surface area contributed by atoms with Crippen molar-refractivity contribution in [1.29, 1.82) is 0 Å². The molecule has 3 fully saturated rings. The number of benzene rings is 1. The van der Waals surface area contributed by atoms with Gasteiger partial charge in [-0.05, 0) is 36.8 Å². The van der Waals surface area contributed by atoms with Crippen LogP contribution in [-0.4, -0.2) is 22.7 Å². The van der Waals surface area contributed by atoms with E-state index in [4.69, 9.17) is 4.74 Å². The summed E-state index contributed by atoms with van der Waals surface area (Å²) < 4.78 is 6.23. The summed E-state index contributed by atoms with van der Waals surface area (Å²) in [4.78, 5) is 24.0. The van der Waals surface area contributed by atoms with Gasteiger partial charge < -0.3 is 15.2 Å². The maximum absolute atomic E-state index is 12.4. The molecule has 116 valence electrons. The van der Waals surface area contributed by atoms with E-state index in [1.54, 1.807) is 6.07 Å². The Labute approximate surface area is 128 Å². The summed E-state index contributed by atoms with van der Waals surface area (Å²) in [5.41, 5.74) is -0.528. The molecule has 0 radical (unpaired) electrons. The summed E-state index contributed by atoms with van der Waals surface area (Å²) in [6.07, 6.45) is 2.88. The quantitative estimate of drug-likeness (QED) is 0.835. The van der Waals surface area contributed by atoms with Crippen LogP contribution in [0, 0.1) is 17.3 Å². The number of nitrogens with one attached hydrogen (secondary N) is 1. The van der Waals surface area contributed by atoms with E-state index in [-0.39, 0.29) is 23.2 Å². The van der Waals surface area contributed by atoms with E-state index in [2.05, 4.69) is 5.32 Å². The third-order valence-corrected chi connectivity index (χ3v) is 5.80. The van der Waals surface area contributed by atoms with Crippen molar-refractivity contribution in [3.8, 4) is 5.75 Å². The fourth-order valence-corrected chi connectivity index (χ4v) is 4.63. The largest absolute Gasteiger partial charge is 0.481 e. The summed E-state index contributed by atoms with van der Waals surface area (Å²) in [5, 5.41) is 12.5. The highest BCUT2D eigenvalue weighted by Gasteiger charge is 2.62. The number of carbonyl (C=O) groups is 2. The molecule has 3 saturated carbocycles. The molecule has 1 aromatic carbocycles. The predicted molar refractivity (Wildman–Crippen MR) is 78.5 cm³/mol. The Balaban J connectivity index is 1.73. The zero-order valence-electron chi connectivity index (χ0n) is 12.5. The average Bonchev–Trinajstić information content (AvgIpc) is 2.46. The van der Waals surface area contributed by atoms with Crippen LogP contribution in [0.2, 0.25) is 0 Å². The van der Waals surface area contributed by atoms with Crippen molar-refractivity contribution in [3.05, 3.63) is 29.8 Å². The molecule has 4 atom stereocenters. The number of carboxylic acids is 1. The van der Waals surface area contributed by atoms with Crippen molar-refractivity contribution >= 4 is 11.9 Å². The fraction of sp³-hybridized carbons (Fsp3) is 0.529. The molecule has 2 N–H and O–H groups in total. The van der Waals surface area contributed by atoms with E-state index in [0.717, 1.165) is 12.8 Å². The van der Waals surface area contributed by atoms with Crippen molar-refractivity contribution in [2.24, 2.45) is 17.3 Å². The normalized spacial score (nSPS) is 39.0. The minimum atomic E-state index is -0.746. The molecule has 0 aromatic heterocycles.